The Balaban J connectivity index is 2.02. The zero-order chi connectivity index (χ0) is 10.5. The molecule has 0 fully saturated rings. The first kappa shape index (κ1) is 9.52. The first-order valence-electron chi connectivity index (χ1n) is 4.59. The molecule has 1 aromatic carbocycles. The zero-order valence-corrected chi connectivity index (χ0v) is 8.05. The van der Waals surface area contributed by atoms with Crippen molar-refractivity contribution in [2.24, 2.45) is 0 Å². The molecule has 0 saturated carbocycles. The predicted molar refractivity (Wildman–Crippen MR) is 54.9 cm³/mol. The predicted octanol–water partition coefficient (Wildman–Crippen LogP) is 2.67. The third-order valence-electron chi connectivity index (χ3n) is 2.00. The van der Waals surface area contributed by atoms with Gasteiger partial charge in [-0.15, -0.1) is 0 Å². The first-order chi connectivity index (χ1) is 7.40. The van der Waals surface area contributed by atoms with Gasteiger partial charge in [0.15, 0.2) is 6.29 Å². The number of carbonyl (C=O) groups is 1. The third kappa shape index (κ3) is 2.26. The average molecular weight is 202 g/mol. The maximum absolute atomic E-state index is 10.6. The van der Waals surface area contributed by atoms with E-state index in [2.05, 4.69) is 0 Å². The van der Waals surface area contributed by atoms with Crippen LogP contribution in [0.5, 0.6) is 5.95 Å². The Kier molecular flexibility index (Phi) is 2.83. The van der Waals surface area contributed by atoms with Crippen molar-refractivity contribution >= 4 is 6.29 Å². The lowest BCUT2D eigenvalue weighted by Gasteiger charge is -2.02. The molecule has 2 aromatic rings. The van der Waals surface area contributed by atoms with E-state index in [0.717, 1.165) is 5.56 Å². The summed E-state index contributed by atoms with van der Waals surface area (Å²) in [5.41, 5.74) is 1.47. The van der Waals surface area contributed by atoms with Crippen molar-refractivity contribution in [2.45, 2.75) is 6.61 Å². The van der Waals surface area contributed by atoms with Crippen LogP contribution in [0.2, 0.25) is 0 Å². The second-order valence-electron chi connectivity index (χ2n) is 3.06. The van der Waals surface area contributed by atoms with Crippen molar-refractivity contribution < 1.29 is 13.9 Å². The molecule has 0 aliphatic heterocycles. The van der Waals surface area contributed by atoms with Gasteiger partial charge in [-0.05, 0) is 11.6 Å². The van der Waals surface area contributed by atoms with Crippen molar-refractivity contribution in [1.82, 2.24) is 0 Å². The van der Waals surface area contributed by atoms with Gasteiger partial charge in [0.25, 0.3) is 5.95 Å². The molecule has 0 radical (unpaired) electrons. The van der Waals surface area contributed by atoms with Crippen molar-refractivity contribution in [1.29, 1.82) is 0 Å². The molecule has 3 heteroatoms. The Morgan fingerprint density at radius 1 is 1.20 bits per heavy atom. The summed E-state index contributed by atoms with van der Waals surface area (Å²) in [6.07, 6.45) is 2.15. The second kappa shape index (κ2) is 4.46. The van der Waals surface area contributed by atoms with Crippen LogP contribution in [-0.4, -0.2) is 6.29 Å². The van der Waals surface area contributed by atoms with E-state index in [1.807, 2.05) is 30.3 Å². The van der Waals surface area contributed by atoms with Crippen LogP contribution < -0.4 is 4.74 Å². The Hall–Kier alpha value is -2.03. The number of carbonyl (C=O) groups excluding carboxylic acids is 1. The van der Waals surface area contributed by atoms with Crippen molar-refractivity contribution in [3.8, 4) is 5.95 Å². The summed E-state index contributed by atoms with van der Waals surface area (Å²) in [6.45, 7) is 0.398. The van der Waals surface area contributed by atoms with Crippen molar-refractivity contribution in [3.63, 3.8) is 0 Å². The van der Waals surface area contributed by atoms with Gasteiger partial charge in [0.2, 0.25) is 0 Å². The van der Waals surface area contributed by atoms with Crippen LogP contribution in [-0.2, 0) is 6.61 Å². The van der Waals surface area contributed by atoms with Gasteiger partial charge in [-0.1, -0.05) is 30.3 Å². The standard InChI is InChI=1S/C12H10O3/c13-8-11-6-7-14-12(11)15-9-10-4-2-1-3-5-10/h1-8H,9H2. The summed E-state index contributed by atoms with van der Waals surface area (Å²) < 4.78 is 10.4. The van der Waals surface area contributed by atoms with Crippen LogP contribution in [0.1, 0.15) is 15.9 Å². The largest absolute Gasteiger partial charge is 0.460 e. The number of aldehydes is 1. The van der Waals surface area contributed by atoms with Crippen LogP contribution in [0.15, 0.2) is 47.1 Å². The highest BCUT2D eigenvalue weighted by molar-refractivity contribution is 5.77. The molecule has 0 atom stereocenters. The molecule has 3 nitrogen and oxygen atoms in total. The molecular formula is C12H10O3. The van der Waals surface area contributed by atoms with Gasteiger partial charge in [0.1, 0.15) is 6.61 Å². The van der Waals surface area contributed by atoms with E-state index < -0.39 is 0 Å². The fraction of sp³-hybridized carbons (Fsp3) is 0.0833. The molecule has 0 unspecified atom stereocenters. The smallest absolute Gasteiger partial charge is 0.295 e. The van der Waals surface area contributed by atoms with Crippen LogP contribution in [0.25, 0.3) is 0 Å². The normalized spacial score (nSPS) is 9.87. The molecular weight excluding hydrogens is 192 g/mol. The van der Waals surface area contributed by atoms with Gasteiger partial charge in [0.05, 0.1) is 11.8 Å². The van der Waals surface area contributed by atoms with Gasteiger partial charge in [0, 0.05) is 0 Å². The average Bonchev–Trinajstić information content (AvgIpc) is 2.75. The first-order valence-corrected chi connectivity index (χ1v) is 4.59. The zero-order valence-electron chi connectivity index (χ0n) is 8.05. The van der Waals surface area contributed by atoms with E-state index in [9.17, 15) is 4.79 Å². The van der Waals surface area contributed by atoms with E-state index in [0.29, 0.717) is 18.5 Å². The van der Waals surface area contributed by atoms with Crippen molar-refractivity contribution in [2.75, 3.05) is 0 Å². The fourth-order valence-electron chi connectivity index (χ4n) is 1.23. The van der Waals surface area contributed by atoms with Gasteiger partial charge >= 0.3 is 0 Å². The highest BCUT2D eigenvalue weighted by Gasteiger charge is 2.06. The van der Waals surface area contributed by atoms with Crippen LogP contribution >= 0.6 is 0 Å². The minimum Gasteiger partial charge on any atom is -0.460 e. The second-order valence-corrected chi connectivity index (χ2v) is 3.06. The number of hydrogen-bond acceptors (Lipinski definition) is 3. The Bertz CT molecular complexity index is 431. The number of hydrogen-bond donors (Lipinski definition) is 0. The third-order valence-corrected chi connectivity index (χ3v) is 2.00. The highest BCUT2D eigenvalue weighted by atomic mass is 16.6. The lowest BCUT2D eigenvalue weighted by molar-refractivity contribution is 0.111. The van der Waals surface area contributed by atoms with E-state index in [1.54, 1.807) is 6.07 Å². The molecule has 0 saturated heterocycles. The van der Waals surface area contributed by atoms with Crippen LogP contribution in [0.4, 0.5) is 0 Å². The molecule has 76 valence electrons. The molecule has 0 aliphatic carbocycles. The quantitative estimate of drug-likeness (QED) is 0.715. The minimum atomic E-state index is 0.272. The van der Waals surface area contributed by atoms with Crippen LogP contribution in [0, 0.1) is 0 Å². The molecule has 15 heavy (non-hydrogen) atoms. The van der Waals surface area contributed by atoms with E-state index >= 15 is 0 Å². The van der Waals surface area contributed by atoms with Gasteiger partial charge < -0.3 is 9.15 Å². The Labute approximate surface area is 87.3 Å². The van der Waals surface area contributed by atoms with Gasteiger partial charge in [-0.2, -0.15) is 0 Å². The summed E-state index contributed by atoms with van der Waals surface area (Å²) in [4.78, 5) is 10.6. The maximum Gasteiger partial charge on any atom is 0.295 e. The molecule has 0 N–H and O–H groups in total. The summed E-state index contributed by atoms with van der Waals surface area (Å²) in [7, 11) is 0. The molecule has 0 amide bonds. The number of rotatable bonds is 4. The number of furan rings is 1. The summed E-state index contributed by atoms with van der Waals surface area (Å²) in [6, 6.07) is 11.3. The Morgan fingerprint density at radius 3 is 2.73 bits per heavy atom. The van der Waals surface area contributed by atoms with Gasteiger partial charge in [-0.3, -0.25) is 4.79 Å². The lowest BCUT2D eigenvalue weighted by Crippen LogP contribution is -1.95. The fourth-order valence-corrected chi connectivity index (χ4v) is 1.23. The summed E-state index contributed by atoms with van der Waals surface area (Å²) in [5, 5.41) is 0. The van der Waals surface area contributed by atoms with E-state index in [1.165, 1.54) is 6.26 Å². The van der Waals surface area contributed by atoms with E-state index in [-0.39, 0.29) is 5.95 Å². The number of ether oxygens (including phenoxy) is 1. The monoisotopic (exact) mass is 202 g/mol. The molecule has 0 spiro atoms. The summed E-state index contributed by atoms with van der Waals surface area (Å²) in [5.74, 6) is 0.272. The molecule has 1 aromatic heterocycles. The molecule has 1 heterocycles. The van der Waals surface area contributed by atoms with E-state index in [4.69, 9.17) is 9.15 Å². The van der Waals surface area contributed by atoms with Crippen LogP contribution in [0.3, 0.4) is 0 Å². The molecule has 0 bridgehead atoms. The molecule has 2 rings (SSSR count). The Morgan fingerprint density at radius 2 is 2.00 bits per heavy atom. The topological polar surface area (TPSA) is 39.4 Å². The number of benzene rings is 1. The SMILES string of the molecule is O=Cc1ccoc1OCc1ccccc1. The van der Waals surface area contributed by atoms with Crippen molar-refractivity contribution in [3.05, 3.63) is 53.8 Å². The maximum atomic E-state index is 10.6. The van der Waals surface area contributed by atoms with Gasteiger partial charge in [-0.25, -0.2) is 0 Å². The highest BCUT2D eigenvalue weighted by Crippen LogP contribution is 2.18. The molecule has 0 aliphatic rings. The lowest BCUT2D eigenvalue weighted by atomic mass is 10.2. The summed E-state index contributed by atoms with van der Waals surface area (Å²) >= 11 is 0. The minimum absolute atomic E-state index is 0.272.